The van der Waals surface area contributed by atoms with Crippen molar-refractivity contribution in [3.63, 3.8) is 0 Å². The highest BCUT2D eigenvalue weighted by molar-refractivity contribution is 8.55. The van der Waals surface area contributed by atoms with E-state index in [0.29, 0.717) is 25.4 Å². The summed E-state index contributed by atoms with van der Waals surface area (Å²) in [6.07, 6.45) is 0.785. The molecule has 29 heavy (non-hydrogen) atoms. The van der Waals surface area contributed by atoms with Crippen molar-refractivity contribution in [3.8, 4) is 0 Å². The Labute approximate surface area is 179 Å². The lowest BCUT2D eigenvalue weighted by molar-refractivity contribution is 0.102. The summed E-state index contributed by atoms with van der Waals surface area (Å²) in [5.41, 5.74) is 0. The van der Waals surface area contributed by atoms with Crippen molar-refractivity contribution in [1.82, 2.24) is 4.90 Å². The molecule has 2 unspecified atom stereocenters. The predicted molar refractivity (Wildman–Crippen MR) is 116 cm³/mol. The van der Waals surface area contributed by atoms with Gasteiger partial charge in [-0.15, -0.1) is 0 Å². The summed E-state index contributed by atoms with van der Waals surface area (Å²) in [6.45, 7) is 11.8. The summed E-state index contributed by atoms with van der Waals surface area (Å²) < 4.78 is 37.6. The van der Waals surface area contributed by atoms with Gasteiger partial charge in [0.25, 0.3) is 0 Å². The molecule has 2 rings (SSSR count). The molecule has 0 aromatic heterocycles. The van der Waals surface area contributed by atoms with E-state index in [-0.39, 0.29) is 13.2 Å². The van der Waals surface area contributed by atoms with Gasteiger partial charge in [-0.2, -0.15) is 0 Å². The highest BCUT2D eigenvalue weighted by Crippen LogP contribution is 2.60. The van der Waals surface area contributed by atoms with Crippen LogP contribution in [0.4, 0.5) is 0 Å². The molecule has 0 bridgehead atoms. The number of aliphatic hydroxyl groups is 2. The Hall–Kier alpha value is 0.260. The van der Waals surface area contributed by atoms with Gasteiger partial charge in [0.05, 0.1) is 52.9 Å². The van der Waals surface area contributed by atoms with Crippen molar-refractivity contribution in [2.75, 3.05) is 78.2 Å². The Balaban J connectivity index is 0.000000497. The van der Waals surface area contributed by atoms with Crippen LogP contribution in [-0.2, 0) is 27.8 Å². The van der Waals surface area contributed by atoms with Gasteiger partial charge in [0.15, 0.2) is 0 Å². The number of rotatable bonds is 15. The van der Waals surface area contributed by atoms with E-state index in [4.69, 9.17) is 33.5 Å². The summed E-state index contributed by atoms with van der Waals surface area (Å²) in [7, 11) is 0. The van der Waals surface area contributed by atoms with Crippen LogP contribution in [0.5, 0.6) is 0 Å². The lowest BCUT2D eigenvalue weighted by Crippen LogP contribution is -2.25. The molecule has 0 saturated carbocycles. The van der Waals surface area contributed by atoms with Gasteiger partial charge in [-0.3, -0.25) is 0 Å². The van der Waals surface area contributed by atoms with Crippen LogP contribution in [0.15, 0.2) is 0 Å². The van der Waals surface area contributed by atoms with Crippen molar-refractivity contribution < 1.29 is 38.0 Å². The fourth-order valence-corrected chi connectivity index (χ4v) is 5.32. The molecule has 2 saturated heterocycles. The van der Waals surface area contributed by atoms with Crippen LogP contribution in [0.2, 0.25) is 0 Å². The first-order chi connectivity index (χ1) is 14.0. The van der Waals surface area contributed by atoms with Crippen LogP contribution in [0.1, 0.15) is 27.7 Å². The van der Waals surface area contributed by atoms with Crippen LogP contribution in [0.3, 0.4) is 0 Å². The molecule has 9 nitrogen and oxygen atoms in total. The molecule has 2 fully saturated rings. The van der Waals surface area contributed by atoms with E-state index in [9.17, 15) is 4.57 Å². The largest absolute Gasteiger partial charge is 0.394 e. The minimum absolute atomic E-state index is 0.125. The standard InChI is InChI=1S/C10H24NO3PS.C6H10O3.C2H6O2/c1-5-11(6-2)9-10-16-15(12,13-7-3)14-8-4;1(5-3-8-5)7-2-6-4-9-6;3-1-2-4/h5-10H2,1-4H3;5-6H,1-4H2;3-4H,1-2H2. The molecular formula is C18H40NO8PS. The zero-order valence-electron chi connectivity index (χ0n) is 18.3. The van der Waals surface area contributed by atoms with E-state index >= 15 is 0 Å². The predicted octanol–water partition coefficient (Wildman–Crippen LogP) is 2.01. The van der Waals surface area contributed by atoms with Crippen LogP contribution in [0, 0.1) is 0 Å². The van der Waals surface area contributed by atoms with Gasteiger partial charge in [-0.1, -0.05) is 13.8 Å². The smallest absolute Gasteiger partial charge is 0.389 e. The van der Waals surface area contributed by atoms with E-state index in [0.717, 1.165) is 51.8 Å². The number of nitrogens with zero attached hydrogens (tertiary/aromatic N) is 1. The Kier molecular flexibility index (Phi) is 19.2. The van der Waals surface area contributed by atoms with Crippen molar-refractivity contribution >= 4 is 18.2 Å². The van der Waals surface area contributed by atoms with Crippen molar-refractivity contribution in [2.45, 2.75) is 39.9 Å². The monoisotopic (exact) mass is 461 g/mol. The van der Waals surface area contributed by atoms with Crippen LogP contribution >= 0.6 is 18.2 Å². The van der Waals surface area contributed by atoms with Gasteiger partial charge < -0.3 is 38.4 Å². The molecule has 11 heteroatoms. The fourth-order valence-electron chi connectivity index (χ4n) is 1.91. The molecule has 176 valence electrons. The quantitative estimate of drug-likeness (QED) is 0.277. The highest BCUT2D eigenvalue weighted by atomic mass is 32.7. The summed E-state index contributed by atoms with van der Waals surface area (Å²) >= 11 is 1.30. The summed E-state index contributed by atoms with van der Waals surface area (Å²) in [5, 5.41) is 15.2. The molecule has 0 amide bonds. The van der Waals surface area contributed by atoms with Crippen molar-refractivity contribution in [1.29, 1.82) is 0 Å². The number of ether oxygens (including phenoxy) is 3. The Morgan fingerprint density at radius 1 is 0.966 bits per heavy atom. The molecule has 0 spiro atoms. The number of hydrogen-bond acceptors (Lipinski definition) is 10. The van der Waals surface area contributed by atoms with Gasteiger partial charge in [0.2, 0.25) is 0 Å². The van der Waals surface area contributed by atoms with E-state index in [1.165, 1.54) is 11.4 Å². The molecule has 2 aliphatic heterocycles. The molecule has 0 aromatic carbocycles. The zero-order chi connectivity index (χ0) is 22.0. The van der Waals surface area contributed by atoms with E-state index in [1.54, 1.807) is 0 Å². The summed E-state index contributed by atoms with van der Waals surface area (Å²) in [6, 6.07) is 0. The highest BCUT2D eigenvalue weighted by Gasteiger charge is 2.26. The maximum atomic E-state index is 12.1. The lowest BCUT2D eigenvalue weighted by atomic mass is 10.5. The first-order valence-electron chi connectivity index (χ1n) is 10.3. The SMILES string of the molecule is C(OCC1CO1)C1CO1.CCOP(=O)(OCC)SCCN(CC)CC.OCCO. The van der Waals surface area contributed by atoms with Gasteiger partial charge >= 0.3 is 6.80 Å². The van der Waals surface area contributed by atoms with E-state index in [2.05, 4.69) is 18.7 Å². The third-order valence-electron chi connectivity index (χ3n) is 3.64. The van der Waals surface area contributed by atoms with Gasteiger partial charge in [-0.05, 0) is 38.3 Å². The minimum Gasteiger partial charge on any atom is -0.394 e. The van der Waals surface area contributed by atoms with Crippen LogP contribution in [0.25, 0.3) is 0 Å². The molecule has 2 N–H and O–H groups in total. The molecule has 2 atom stereocenters. The Morgan fingerprint density at radius 2 is 1.41 bits per heavy atom. The topological polar surface area (TPSA) is 114 Å². The second kappa shape index (κ2) is 19.0. The first kappa shape index (κ1) is 29.3. The summed E-state index contributed by atoms with van der Waals surface area (Å²) in [5.74, 6) is 0.777. The van der Waals surface area contributed by atoms with Crippen molar-refractivity contribution in [3.05, 3.63) is 0 Å². The van der Waals surface area contributed by atoms with Gasteiger partial charge in [0, 0.05) is 12.3 Å². The molecule has 0 radical (unpaired) electrons. The third kappa shape index (κ3) is 18.7. The zero-order valence-corrected chi connectivity index (χ0v) is 20.0. The fraction of sp³-hybridized carbons (Fsp3) is 1.00. The maximum Gasteiger partial charge on any atom is 0.389 e. The first-order valence-corrected chi connectivity index (χ1v) is 13.4. The molecular weight excluding hydrogens is 421 g/mol. The van der Waals surface area contributed by atoms with Crippen LogP contribution in [-0.4, -0.2) is 106 Å². The van der Waals surface area contributed by atoms with E-state index < -0.39 is 6.80 Å². The average Bonchev–Trinajstić information content (AvgIpc) is 3.62. The maximum absolute atomic E-state index is 12.1. The molecule has 0 aromatic rings. The normalized spacial score (nSPS) is 19.8. The average molecular weight is 462 g/mol. The minimum atomic E-state index is -2.91. The second-order valence-corrected chi connectivity index (χ2v) is 10.2. The Morgan fingerprint density at radius 3 is 1.72 bits per heavy atom. The van der Waals surface area contributed by atoms with Crippen LogP contribution < -0.4 is 0 Å². The lowest BCUT2D eigenvalue weighted by Gasteiger charge is -2.20. The number of hydrogen-bond donors (Lipinski definition) is 2. The summed E-state index contributed by atoms with van der Waals surface area (Å²) in [4.78, 5) is 2.29. The molecule has 0 aliphatic carbocycles. The van der Waals surface area contributed by atoms with E-state index in [1.807, 2.05) is 13.8 Å². The Bertz CT molecular complexity index is 385. The van der Waals surface area contributed by atoms with Gasteiger partial charge in [0.1, 0.15) is 12.2 Å². The van der Waals surface area contributed by atoms with Gasteiger partial charge in [-0.25, -0.2) is 4.57 Å². The second-order valence-electron chi connectivity index (χ2n) is 6.04. The van der Waals surface area contributed by atoms with Crippen molar-refractivity contribution in [2.24, 2.45) is 0 Å². The molecule has 2 heterocycles. The molecule has 2 aliphatic rings. The number of epoxide rings is 2. The number of aliphatic hydroxyl groups excluding tert-OH is 2. The third-order valence-corrected chi connectivity index (χ3v) is 7.60.